The summed E-state index contributed by atoms with van der Waals surface area (Å²) in [4.78, 5) is 38.1. The predicted octanol–water partition coefficient (Wildman–Crippen LogP) is 1.64. The Morgan fingerprint density at radius 2 is 1.85 bits per heavy atom. The molecule has 1 atom stereocenters. The number of nitrogen functional groups attached to an aromatic ring is 1. The van der Waals surface area contributed by atoms with Crippen LogP contribution >= 0.6 is 0 Å². The molecule has 0 radical (unpaired) electrons. The Hall–Kier alpha value is -4.15. The van der Waals surface area contributed by atoms with E-state index in [2.05, 4.69) is 30.4 Å². The molecule has 0 bridgehead atoms. The van der Waals surface area contributed by atoms with Gasteiger partial charge in [-0.3, -0.25) is 19.3 Å². The monoisotopic (exact) mass is 451 g/mol. The number of nitrogens with one attached hydrogen (secondary N) is 1. The number of nitrogens with zero attached hydrogens (tertiary/aromatic N) is 6. The van der Waals surface area contributed by atoms with Crippen molar-refractivity contribution in [3.8, 4) is 11.3 Å². The number of nitrogens with two attached hydrogens (primary N) is 2. The standard InChI is InChI=1S/C20H24N8O.C2H5NO/c1-4-28-11-15(10-26-28)19(29)27-18(21)17(12(2)3)13-5-6-16(23-7-13)14-8-24-20(22)25-9-14;1-3-2-4/h5-12,17H,4H2,1-3H3,(H2,21,27,29)(H2,22,24,25);2H,1H3,(H,3,4). The van der Waals surface area contributed by atoms with E-state index in [1.54, 1.807) is 36.5 Å². The second-order valence-corrected chi connectivity index (χ2v) is 7.36. The molecule has 2 amide bonds. The number of aromatic nitrogens is 5. The summed E-state index contributed by atoms with van der Waals surface area (Å²) in [5.74, 6) is -0.0683. The van der Waals surface area contributed by atoms with E-state index < -0.39 is 5.91 Å². The largest absolute Gasteiger partial charge is 0.387 e. The molecule has 0 spiro atoms. The summed E-state index contributed by atoms with van der Waals surface area (Å²) in [7, 11) is 1.56. The molecule has 11 nitrogen and oxygen atoms in total. The molecule has 3 heterocycles. The van der Waals surface area contributed by atoms with Gasteiger partial charge in [-0.2, -0.15) is 10.1 Å². The Balaban J connectivity index is 0.000000890. The lowest BCUT2D eigenvalue weighted by Gasteiger charge is -2.20. The number of aryl methyl sites for hydroxylation is 1. The lowest BCUT2D eigenvalue weighted by molar-refractivity contribution is -0.109. The van der Waals surface area contributed by atoms with Gasteiger partial charge in [-0.15, -0.1) is 0 Å². The minimum Gasteiger partial charge on any atom is -0.387 e. The molecule has 3 rings (SSSR count). The third kappa shape index (κ3) is 6.92. The lowest BCUT2D eigenvalue weighted by Crippen LogP contribution is -2.27. The van der Waals surface area contributed by atoms with Crippen molar-refractivity contribution in [2.24, 2.45) is 16.6 Å². The molecular weight excluding hydrogens is 422 g/mol. The van der Waals surface area contributed by atoms with Crippen LogP contribution in [0.1, 0.15) is 42.6 Å². The highest BCUT2D eigenvalue weighted by molar-refractivity contribution is 6.04. The number of rotatable bonds is 7. The van der Waals surface area contributed by atoms with Gasteiger partial charge in [0.2, 0.25) is 12.4 Å². The number of hydrogen-bond acceptors (Lipinski definition) is 7. The number of amidine groups is 1. The first-order valence-electron chi connectivity index (χ1n) is 10.4. The molecule has 3 aromatic heterocycles. The summed E-state index contributed by atoms with van der Waals surface area (Å²) in [6.45, 7) is 6.67. The van der Waals surface area contributed by atoms with Crippen molar-refractivity contribution in [3.05, 3.63) is 54.2 Å². The van der Waals surface area contributed by atoms with Gasteiger partial charge >= 0.3 is 0 Å². The molecule has 0 saturated heterocycles. The summed E-state index contributed by atoms with van der Waals surface area (Å²) >= 11 is 0. The maximum Gasteiger partial charge on any atom is 0.281 e. The molecule has 5 N–H and O–H groups in total. The molecule has 0 aliphatic carbocycles. The van der Waals surface area contributed by atoms with E-state index in [9.17, 15) is 4.79 Å². The van der Waals surface area contributed by atoms with Gasteiger partial charge < -0.3 is 16.8 Å². The highest BCUT2D eigenvalue weighted by Gasteiger charge is 2.22. The normalized spacial score (nSPS) is 12.0. The first-order chi connectivity index (χ1) is 15.8. The molecule has 1 unspecified atom stereocenters. The SMILES string of the molecule is CCn1cc(C(=O)N=C(N)C(c2ccc(-c3cnc(N)nc3)nc2)C(C)C)cn1.CNC=O. The van der Waals surface area contributed by atoms with Crippen LogP contribution in [-0.2, 0) is 11.3 Å². The highest BCUT2D eigenvalue weighted by atomic mass is 16.1. The summed E-state index contributed by atoms with van der Waals surface area (Å²) in [6.07, 6.45) is 8.76. The van der Waals surface area contributed by atoms with Crippen LogP contribution in [0.15, 0.2) is 48.1 Å². The Bertz CT molecular complexity index is 1070. The fourth-order valence-corrected chi connectivity index (χ4v) is 3.03. The number of carbonyl (C=O) groups excluding carboxylic acids is 2. The molecule has 3 aromatic rings. The first kappa shape index (κ1) is 25.1. The highest BCUT2D eigenvalue weighted by Crippen LogP contribution is 2.26. The van der Waals surface area contributed by atoms with Crippen LogP contribution in [0.3, 0.4) is 0 Å². The Labute approximate surface area is 192 Å². The van der Waals surface area contributed by atoms with E-state index >= 15 is 0 Å². The van der Waals surface area contributed by atoms with Crippen LogP contribution in [0, 0.1) is 5.92 Å². The maximum atomic E-state index is 12.4. The zero-order valence-corrected chi connectivity index (χ0v) is 19.1. The van der Waals surface area contributed by atoms with Crippen molar-refractivity contribution < 1.29 is 9.59 Å². The third-order valence-electron chi connectivity index (χ3n) is 4.65. The fraction of sp³-hybridized carbons (Fsp3) is 0.318. The van der Waals surface area contributed by atoms with Gasteiger partial charge in [0.05, 0.1) is 17.5 Å². The van der Waals surface area contributed by atoms with E-state index in [0.717, 1.165) is 16.8 Å². The Morgan fingerprint density at radius 1 is 1.18 bits per heavy atom. The first-order valence-corrected chi connectivity index (χ1v) is 10.4. The summed E-state index contributed by atoms with van der Waals surface area (Å²) < 4.78 is 1.67. The molecule has 33 heavy (non-hydrogen) atoms. The topological polar surface area (TPSA) is 167 Å². The van der Waals surface area contributed by atoms with Crippen molar-refractivity contribution in [2.45, 2.75) is 33.2 Å². The summed E-state index contributed by atoms with van der Waals surface area (Å²) in [5, 5.41) is 6.35. The lowest BCUT2D eigenvalue weighted by atomic mass is 9.88. The van der Waals surface area contributed by atoms with Gasteiger partial charge in [0.15, 0.2) is 0 Å². The van der Waals surface area contributed by atoms with Gasteiger partial charge in [0.1, 0.15) is 5.84 Å². The predicted molar refractivity (Wildman–Crippen MR) is 126 cm³/mol. The summed E-state index contributed by atoms with van der Waals surface area (Å²) in [5.41, 5.74) is 14.5. The van der Waals surface area contributed by atoms with Crippen molar-refractivity contribution >= 4 is 24.1 Å². The van der Waals surface area contributed by atoms with Gasteiger partial charge in [0.25, 0.3) is 5.91 Å². The quantitative estimate of drug-likeness (QED) is 0.277. The Kier molecular flexibility index (Phi) is 9.16. The van der Waals surface area contributed by atoms with E-state index in [1.165, 1.54) is 6.20 Å². The molecule has 0 fully saturated rings. The molecule has 11 heteroatoms. The van der Waals surface area contributed by atoms with E-state index in [1.807, 2.05) is 32.9 Å². The third-order valence-corrected chi connectivity index (χ3v) is 4.65. The van der Waals surface area contributed by atoms with Crippen molar-refractivity contribution in [1.82, 2.24) is 30.0 Å². The van der Waals surface area contributed by atoms with Crippen molar-refractivity contribution in [3.63, 3.8) is 0 Å². The average Bonchev–Trinajstić information content (AvgIpc) is 3.30. The van der Waals surface area contributed by atoms with Gasteiger partial charge in [-0.05, 0) is 24.5 Å². The van der Waals surface area contributed by atoms with E-state index in [-0.39, 0.29) is 23.6 Å². The maximum absolute atomic E-state index is 12.4. The zero-order valence-electron chi connectivity index (χ0n) is 19.1. The smallest absolute Gasteiger partial charge is 0.281 e. The van der Waals surface area contributed by atoms with Crippen LogP contribution < -0.4 is 16.8 Å². The van der Waals surface area contributed by atoms with Crippen LogP contribution in [0.2, 0.25) is 0 Å². The minimum atomic E-state index is -0.406. The van der Waals surface area contributed by atoms with Gasteiger partial charge in [-0.25, -0.2) is 9.97 Å². The molecule has 0 aliphatic rings. The van der Waals surface area contributed by atoms with Gasteiger partial charge in [0, 0.05) is 49.9 Å². The number of carbonyl (C=O) groups is 2. The molecular formula is C22H29N9O2. The van der Waals surface area contributed by atoms with Crippen LogP contribution in [-0.4, -0.2) is 49.9 Å². The number of pyridine rings is 1. The van der Waals surface area contributed by atoms with Crippen LogP contribution in [0.5, 0.6) is 0 Å². The number of anilines is 1. The van der Waals surface area contributed by atoms with E-state index in [4.69, 9.17) is 16.3 Å². The van der Waals surface area contributed by atoms with Crippen LogP contribution in [0.25, 0.3) is 11.3 Å². The Morgan fingerprint density at radius 3 is 2.33 bits per heavy atom. The molecule has 0 aromatic carbocycles. The number of hydrogen-bond donors (Lipinski definition) is 3. The second-order valence-electron chi connectivity index (χ2n) is 7.36. The molecule has 0 aliphatic heterocycles. The molecule has 174 valence electrons. The summed E-state index contributed by atoms with van der Waals surface area (Å²) in [6, 6.07) is 3.78. The zero-order chi connectivity index (χ0) is 24.4. The van der Waals surface area contributed by atoms with E-state index in [0.29, 0.717) is 18.5 Å². The second kappa shape index (κ2) is 12.0. The number of aliphatic imine (C=N–C) groups is 1. The number of amides is 2. The van der Waals surface area contributed by atoms with Crippen molar-refractivity contribution in [2.75, 3.05) is 12.8 Å². The van der Waals surface area contributed by atoms with Crippen LogP contribution in [0.4, 0.5) is 5.95 Å². The fourth-order valence-electron chi connectivity index (χ4n) is 3.03. The molecule has 0 saturated carbocycles. The average molecular weight is 452 g/mol. The minimum absolute atomic E-state index is 0.123. The van der Waals surface area contributed by atoms with Gasteiger partial charge in [-0.1, -0.05) is 19.9 Å². The van der Waals surface area contributed by atoms with Crippen molar-refractivity contribution in [1.29, 1.82) is 0 Å².